The summed E-state index contributed by atoms with van der Waals surface area (Å²) >= 11 is 0. The number of nitrogens with one attached hydrogen (secondary N) is 1. The van der Waals surface area contributed by atoms with Crippen molar-refractivity contribution in [2.45, 2.75) is 33.7 Å². The van der Waals surface area contributed by atoms with Crippen molar-refractivity contribution in [1.29, 1.82) is 0 Å². The van der Waals surface area contributed by atoms with Gasteiger partial charge in [0.05, 0.1) is 17.6 Å². The van der Waals surface area contributed by atoms with E-state index in [1.165, 1.54) is 6.07 Å². The molecule has 0 aliphatic carbocycles. The van der Waals surface area contributed by atoms with Crippen LogP contribution >= 0.6 is 0 Å². The van der Waals surface area contributed by atoms with Gasteiger partial charge in [0.1, 0.15) is 5.75 Å². The summed E-state index contributed by atoms with van der Waals surface area (Å²) in [4.78, 5) is 34.3. The third kappa shape index (κ3) is 3.45. The molecule has 0 amide bonds. The summed E-state index contributed by atoms with van der Waals surface area (Å²) < 4.78 is 7.41. The van der Waals surface area contributed by atoms with Crippen molar-refractivity contribution in [2.24, 2.45) is 5.92 Å². The molecule has 1 aromatic carbocycles. The Morgan fingerprint density at radius 2 is 2.04 bits per heavy atom. The summed E-state index contributed by atoms with van der Waals surface area (Å²) in [7, 11) is 0. The second-order valence-corrected chi connectivity index (χ2v) is 6.60. The van der Waals surface area contributed by atoms with Gasteiger partial charge < -0.3 is 14.4 Å². The molecule has 0 radical (unpaired) electrons. The Labute approximate surface area is 149 Å². The first-order valence-electron chi connectivity index (χ1n) is 8.65. The van der Waals surface area contributed by atoms with Crippen LogP contribution in [-0.2, 0) is 17.7 Å². The van der Waals surface area contributed by atoms with Crippen molar-refractivity contribution < 1.29 is 9.84 Å². The largest absolute Gasteiger partial charge is 0.508 e. The molecule has 0 spiro atoms. The number of hydrogen-bond donors (Lipinski definition) is 2. The van der Waals surface area contributed by atoms with E-state index in [-0.39, 0.29) is 17.3 Å². The SMILES string of the molecule is CCc1cc2c(cc1O)nc1c(=O)[nH]c(=O)nc-1n2CCOCC(C)C. The van der Waals surface area contributed by atoms with Crippen LogP contribution in [0.15, 0.2) is 21.7 Å². The van der Waals surface area contributed by atoms with Gasteiger partial charge >= 0.3 is 5.69 Å². The Morgan fingerprint density at radius 3 is 2.73 bits per heavy atom. The number of H-pyrrole nitrogens is 1. The summed E-state index contributed by atoms with van der Waals surface area (Å²) in [6.45, 7) is 7.48. The molecule has 0 fully saturated rings. The fourth-order valence-corrected chi connectivity index (χ4v) is 2.86. The summed E-state index contributed by atoms with van der Waals surface area (Å²) in [6.07, 6.45) is 0.638. The average Bonchev–Trinajstić information content (AvgIpc) is 2.57. The highest BCUT2D eigenvalue weighted by atomic mass is 16.5. The van der Waals surface area contributed by atoms with Gasteiger partial charge in [-0.1, -0.05) is 20.8 Å². The van der Waals surface area contributed by atoms with Gasteiger partial charge in [-0.3, -0.25) is 9.78 Å². The van der Waals surface area contributed by atoms with Gasteiger partial charge in [0.15, 0.2) is 11.5 Å². The van der Waals surface area contributed by atoms with Gasteiger partial charge in [-0.25, -0.2) is 9.78 Å². The number of nitrogens with zero attached hydrogens (tertiary/aromatic N) is 3. The molecule has 1 aromatic rings. The minimum Gasteiger partial charge on any atom is -0.508 e. The zero-order valence-electron chi connectivity index (χ0n) is 15.1. The highest BCUT2D eigenvalue weighted by molar-refractivity contribution is 5.81. The van der Waals surface area contributed by atoms with Gasteiger partial charge in [0.25, 0.3) is 5.56 Å². The number of phenols is 1. The summed E-state index contributed by atoms with van der Waals surface area (Å²) in [6, 6.07) is 3.34. The molecular weight excluding hydrogens is 336 g/mol. The van der Waals surface area contributed by atoms with E-state index in [9.17, 15) is 14.7 Å². The zero-order valence-corrected chi connectivity index (χ0v) is 15.1. The zero-order chi connectivity index (χ0) is 18.8. The lowest BCUT2D eigenvalue weighted by Gasteiger charge is -2.18. The third-order valence-electron chi connectivity index (χ3n) is 4.10. The van der Waals surface area contributed by atoms with Gasteiger partial charge in [-0.05, 0) is 24.0 Å². The van der Waals surface area contributed by atoms with Crippen LogP contribution in [-0.4, -0.2) is 37.8 Å². The maximum Gasteiger partial charge on any atom is 0.349 e. The maximum atomic E-state index is 12.2. The number of fused-ring (bicyclic) bond motifs is 2. The van der Waals surface area contributed by atoms with E-state index in [4.69, 9.17) is 4.74 Å². The smallest absolute Gasteiger partial charge is 0.349 e. The van der Waals surface area contributed by atoms with E-state index < -0.39 is 11.2 Å². The molecule has 2 N–H and O–H groups in total. The van der Waals surface area contributed by atoms with Gasteiger partial charge in [0, 0.05) is 19.2 Å². The minimum absolute atomic E-state index is 0.0598. The van der Waals surface area contributed by atoms with E-state index >= 15 is 0 Å². The Bertz CT molecular complexity index is 1020. The van der Waals surface area contributed by atoms with Crippen LogP contribution in [0.25, 0.3) is 22.6 Å². The maximum absolute atomic E-state index is 12.2. The molecule has 2 aliphatic heterocycles. The van der Waals surface area contributed by atoms with E-state index in [1.807, 2.05) is 13.0 Å². The molecule has 0 saturated heterocycles. The Hall–Kier alpha value is -2.74. The highest BCUT2D eigenvalue weighted by Gasteiger charge is 2.19. The number of hydrogen-bond acceptors (Lipinski definition) is 6. The summed E-state index contributed by atoms with van der Waals surface area (Å²) in [5.74, 6) is 0.746. The van der Waals surface area contributed by atoms with Crippen LogP contribution in [0.3, 0.4) is 0 Å². The molecule has 0 unspecified atom stereocenters. The van der Waals surface area contributed by atoms with E-state index in [2.05, 4.69) is 28.8 Å². The van der Waals surface area contributed by atoms with Crippen LogP contribution in [0.4, 0.5) is 0 Å². The average molecular weight is 358 g/mol. The van der Waals surface area contributed by atoms with Crippen molar-refractivity contribution in [3.05, 3.63) is 38.5 Å². The predicted octanol–water partition coefficient (Wildman–Crippen LogP) is 1.53. The Kier molecular flexibility index (Phi) is 5.03. The van der Waals surface area contributed by atoms with E-state index in [0.717, 1.165) is 5.56 Å². The van der Waals surface area contributed by atoms with Gasteiger partial charge in [-0.15, -0.1) is 0 Å². The lowest BCUT2D eigenvalue weighted by atomic mass is 10.1. The standard InChI is InChI=1S/C18H22N4O4/c1-4-11-7-13-12(8-14(11)23)19-15-16(20-18(25)21-17(15)24)22(13)5-6-26-9-10(2)3/h7-8,10,23H,4-6,9H2,1-3H3,(H,21,24,25). The molecule has 0 saturated carbocycles. The van der Waals surface area contributed by atoms with Gasteiger partial charge in [0.2, 0.25) is 0 Å². The van der Waals surface area contributed by atoms with Gasteiger partial charge in [-0.2, -0.15) is 4.98 Å². The second kappa shape index (κ2) is 7.25. The van der Waals surface area contributed by atoms with Crippen molar-refractivity contribution in [1.82, 2.24) is 19.5 Å². The fourth-order valence-electron chi connectivity index (χ4n) is 2.86. The number of aromatic nitrogens is 4. The van der Waals surface area contributed by atoms with Crippen LogP contribution < -0.4 is 11.2 Å². The number of benzene rings is 1. The first-order valence-corrected chi connectivity index (χ1v) is 8.65. The molecular formula is C18H22N4O4. The molecule has 2 heterocycles. The quantitative estimate of drug-likeness (QED) is 0.511. The molecule has 8 nitrogen and oxygen atoms in total. The normalized spacial score (nSPS) is 11.7. The topological polar surface area (TPSA) is 110 Å². The predicted molar refractivity (Wildman–Crippen MR) is 97.7 cm³/mol. The van der Waals surface area contributed by atoms with Crippen LogP contribution in [0.1, 0.15) is 26.3 Å². The second-order valence-electron chi connectivity index (χ2n) is 6.60. The molecule has 8 heteroatoms. The van der Waals surface area contributed by atoms with Crippen LogP contribution in [0.5, 0.6) is 5.75 Å². The molecule has 0 bridgehead atoms. The fraction of sp³-hybridized carbons (Fsp3) is 0.444. The van der Waals surface area contributed by atoms with E-state index in [0.29, 0.717) is 43.1 Å². The number of aromatic hydroxyl groups is 1. The lowest BCUT2D eigenvalue weighted by Crippen LogP contribution is -2.29. The number of aryl methyl sites for hydroxylation is 1. The number of phenolic OH excluding ortho intramolecular Hbond substituents is 1. The van der Waals surface area contributed by atoms with Crippen molar-refractivity contribution in [2.75, 3.05) is 13.2 Å². The highest BCUT2D eigenvalue weighted by Crippen LogP contribution is 2.27. The summed E-state index contributed by atoms with van der Waals surface area (Å²) in [5, 5.41) is 10.1. The Morgan fingerprint density at radius 1 is 1.27 bits per heavy atom. The number of rotatable bonds is 6. The van der Waals surface area contributed by atoms with E-state index in [1.54, 1.807) is 4.57 Å². The van der Waals surface area contributed by atoms with Crippen molar-refractivity contribution >= 4 is 11.0 Å². The lowest BCUT2D eigenvalue weighted by molar-refractivity contribution is 0.104. The Balaban J connectivity index is 2.20. The molecule has 0 aromatic heterocycles. The van der Waals surface area contributed by atoms with Crippen molar-refractivity contribution in [3.8, 4) is 17.3 Å². The van der Waals surface area contributed by atoms with Crippen molar-refractivity contribution in [3.63, 3.8) is 0 Å². The van der Waals surface area contributed by atoms with Crippen LogP contribution in [0.2, 0.25) is 0 Å². The monoisotopic (exact) mass is 358 g/mol. The number of aromatic amines is 1. The molecule has 0 atom stereocenters. The molecule has 138 valence electrons. The summed E-state index contributed by atoms with van der Waals surface area (Å²) in [5.41, 5.74) is 0.653. The molecule has 2 aliphatic rings. The first kappa shape index (κ1) is 18.1. The van der Waals surface area contributed by atoms with Crippen LogP contribution in [0, 0.1) is 5.92 Å². The molecule has 26 heavy (non-hydrogen) atoms. The number of ether oxygens (including phenoxy) is 1. The minimum atomic E-state index is -0.713. The molecule has 3 rings (SSSR count). The first-order chi connectivity index (χ1) is 12.4. The third-order valence-corrected chi connectivity index (χ3v) is 4.10.